The number of carbonyl (C=O) groups is 1. The number of non-ortho nitro benzene ring substituents is 1. The molecule has 8 heteroatoms. The van der Waals surface area contributed by atoms with Gasteiger partial charge < -0.3 is 5.32 Å². The lowest BCUT2D eigenvalue weighted by Gasteiger charge is -2.09. The molecule has 0 atom stereocenters. The van der Waals surface area contributed by atoms with E-state index in [0.29, 0.717) is 11.1 Å². The molecule has 1 amide bonds. The number of nitrogens with one attached hydrogen (secondary N) is 1. The molecule has 0 radical (unpaired) electrons. The summed E-state index contributed by atoms with van der Waals surface area (Å²) in [6.07, 6.45) is 1.69. The lowest BCUT2D eigenvalue weighted by molar-refractivity contribution is -0.384. The first kappa shape index (κ1) is 21.9. The predicted octanol–water partition coefficient (Wildman–Crippen LogP) is 5.63. The number of halogens is 2. The molecule has 0 aliphatic carbocycles. The maximum atomic E-state index is 14.1. The van der Waals surface area contributed by atoms with Crippen LogP contribution in [0.1, 0.15) is 16.7 Å². The Balaban J connectivity index is 1.91. The zero-order valence-corrected chi connectivity index (χ0v) is 17.6. The van der Waals surface area contributed by atoms with Crippen LogP contribution in [0.5, 0.6) is 0 Å². The third-order valence-corrected chi connectivity index (χ3v) is 4.92. The molecule has 0 heterocycles. The quantitative estimate of drug-likeness (QED) is 0.214. The standard InChI is InChI=1S/C23H15BrFN3O3/c24-19-9-8-15(10-16-4-1-2-7-22(16)25)17(12-19)11-18(14-26)23(29)27-20-5-3-6-21(13-20)28(30)31/h1-9,11-13H,10H2,(H,27,29)/b18-11+. The minimum atomic E-state index is -0.709. The van der Waals surface area contributed by atoms with E-state index in [1.54, 1.807) is 36.4 Å². The topological polar surface area (TPSA) is 96.0 Å². The van der Waals surface area contributed by atoms with Gasteiger partial charge in [-0.2, -0.15) is 5.26 Å². The van der Waals surface area contributed by atoms with Crippen LogP contribution in [0.2, 0.25) is 0 Å². The largest absolute Gasteiger partial charge is 0.321 e. The molecule has 3 aromatic carbocycles. The zero-order valence-electron chi connectivity index (χ0n) is 16.0. The fraction of sp³-hybridized carbons (Fsp3) is 0.0435. The van der Waals surface area contributed by atoms with E-state index in [1.807, 2.05) is 6.07 Å². The SMILES string of the molecule is N#C/C(=C\c1cc(Br)ccc1Cc1ccccc1F)C(=O)Nc1cccc([N+](=O)[O-])c1. The van der Waals surface area contributed by atoms with E-state index in [-0.39, 0.29) is 29.2 Å². The summed E-state index contributed by atoms with van der Waals surface area (Å²) in [5.41, 5.74) is 1.60. The van der Waals surface area contributed by atoms with Crippen LogP contribution in [0.3, 0.4) is 0 Å². The molecule has 0 saturated carbocycles. The Kier molecular flexibility index (Phi) is 6.90. The minimum absolute atomic E-state index is 0.181. The number of hydrogen-bond acceptors (Lipinski definition) is 4. The van der Waals surface area contributed by atoms with Gasteiger partial charge >= 0.3 is 0 Å². The number of anilines is 1. The Morgan fingerprint density at radius 3 is 2.61 bits per heavy atom. The third kappa shape index (κ3) is 5.62. The molecule has 3 aromatic rings. The lowest BCUT2D eigenvalue weighted by Crippen LogP contribution is -2.13. The van der Waals surface area contributed by atoms with Crippen molar-refractivity contribution in [1.29, 1.82) is 5.26 Å². The number of nitro benzene ring substituents is 1. The van der Waals surface area contributed by atoms with Crippen LogP contribution < -0.4 is 5.32 Å². The molecular weight excluding hydrogens is 465 g/mol. The van der Waals surface area contributed by atoms with Crippen molar-refractivity contribution >= 4 is 39.3 Å². The van der Waals surface area contributed by atoms with E-state index in [2.05, 4.69) is 21.2 Å². The number of nitro groups is 1. The van der Waals surface area contributed by atoms with Crippen molar-refractivity contribution in [3.05, 3.63) is 109 Å². The van der Waals surface area contributed by atoms with Gasteiger partial charge in [0.1, 0.15) is 17.5 Å². The first-order valence-electron chi connectivity index (χ1n) is 9.07. The van der Waals surface area contributed by atoms with Gasteiger partial charge in [-0.1, -0.05) is 46.3 Å². The number of nitriles is 1. The number of carbonyl (C=O) groups excluding carboxylic acids is 1. The molecule has 0 aliphatic rings. The minimum Gasteiger partial charge on any atom is -0.321 e. The summed E-state index contributed by atoms with van der Waals surface area (Å²) in [5.74, 6) is -1.05. The summed E-state index contributed by atoms with van der Waals surface area (Å²) in [6.45, 7) is 0. The fourth-order valence-corrected chi connectivity index (χ4v) is 3.29. The van der Waals surface area contributed by atoms with Crippen LogP contribution in [0.25, 0.3) is 6.08 Å². The Morgan fingerprint density at radius 1 is 1.13 bits per heavy atom. The number of amides is 1. The van der Waals surface area contributed by atoms with E-state index in [1.165, 1.54) is 36.4 Å². The second kappa shape index (κ2) is 9.78. The first-order valence-corrected chi connectivity index (χ1v) is 9.86. The van der Waals surface area contributed by atoms with Crippen LogP contribution in [0, 0.1) is 27.3 Å². The maximum Gasteiger partial charge on any atom is 0.271 e. The molecule has 31 heavy (non-hydrogen) atoms. The molecule has 6 nitrogen and oxygen atoms in total. The molecule has 0 fully saturated rings. The van der Waals surface area contributed by atoms with Crippen molar-refractivity contribution in [2.45, 2.75) is 6.42 Å². The molecule has 1 N–H and O–H groups in total. The van der Waals surface area contributed by atoms with Gasteiger partial charge in [-0.15, -0.1) is 0 Å². The van der Waals surface area contributed by atoms with Crippen LogP contribution in [0.15, 0.2) is 76.8 Å². The van der Waals surface area contributed by atoms with Crippen molar-refractivity contribution in [3.63, 3.8) is 0 Å². The van der Waals surface area contributed by atoms with Crippen molar-refractivity contribution < 1.29 is 14.1 Å². The number of benzene rings is 3. The summed E-state index contributed by atoms with van der Waals surface area (Å²) < 4.78 is 14.8. The van der Waals surface area contributed by atoms with Gasteiger partial charge in [-0.25, -0.2) is 4.39 Å². The van der Waals surface area contributed by atoms with Gasteiger partial charge in [-0.3, -0.25) is 14.9 Å². The fourth-order valence-electron chi connectivity index (χ4n) is 2.91. The average Bonchev–Trinajstić information content (AvgIpc) is 2.75. The predicted molar refractivity (Wildman–Crippen MR) is 119 cm³/mol. The van der Waals surface area contributed by atoms with Gasteiger partial charge in [0, 0.05) is 28.7 Å². The molecule has 0 aromatic heterocycles. The summed E-state index contributed by atoms with van der Waals surface area (Å²) in [4.78, 5) is 22.9. The van der Waals surface area contributed by atoms with Gasteiger partial charge in [-0.05, 0) is 47.0 Å². The average molecular weight is 480 g/mol. The van der Waals surface area contributed by atoms with Crippen LogP contribution in [0.4, 0.5) is 15.8 Å². The molecule has 0 saturated heterocycles. The molecular formula is C23H15BrFN3O3. The van der Waals surface area contributed by atoms with Crippen molar-refractivity contribution in [2.24, 2.45) is 0 Å². The summed E-state index contributed by atoms with van der Waals surface area (Å²) in [6, 6.07) is 19.0. The highest BCUT2D eigenvalue weighted by molar-refractivity contribution is 9.10. The highest BCUT2D eigenvalue weighted by atomic mass is 79.9. The Morgan fingerprint density at radius 2 is 1.90 bits per heavy atom. The van der Waals surface area contributed by atoms with E-state index in [0.717, 1.165) is 10.0 Å². The summed E-state index contributed by atoms with van der Waals surface area (Å²) in [5, 5.41) is 22.9. The highest BCUT2D eigenvalue weighted by Crippen LogP contribution is 2.24. The zero-order chi connectivity index (χ0) is 22.4. The number of hydrogen-bond donors (Lipinski definition) is 1. The van der Waals surface area contributed by atoms with Gasteiger partial charge in [0.25, 0.3) is 11.6 Å². The second-order valence-electron chi connectivity index (χ2n) is 6.54. The second-order valence-corrected chi connectivity index (χ2v) is 7.46. The summed E-state index contributed by atoms with van der Waals surface area (Å²) in [7, 11) is 0. The Hall–Kier alpha value is -3.83. The van der Waals surface area contributed by atoms with Crippen molar-refractivity contribution in [2.75, 3.05) is 5.32 Å². The number of rotatable bonds is 6. The third-order valence-electron chi connectivity index (χ3n) is 4.43. The van der Waals surface area contributed by atoms with E-state index in [4.69, 9.17) is 0 Å². The van der Waals surface area contributed by atoms with Gasteiger partial charge in [0.2, 0.25) is 0 Å². The molecule has 0 bridgehead atoms. The molecule has 3 rings (SSSR count). The van der Waals surface area contributed by atoms with Gasteiger partial charge in [0.15, 0.2) is 0 Å². The molecule has 0 unspecified atom stereocenters. The van der Waals surface area contributed by atoms with Crippen LogP contribution in [-0.2, 0) is 11.2 Å². The van der Waals surface area contributed by atoms with Crippen molar-refractivity contribution in [1.82, 2.24) is 0 Å². The van der Waals surface area contributed by atoms with E-state index in [9.17, 15) is 24.6 Å². The van der Waals surface area contributed by atoms with Crippen LogP contribution >= 0.6 is 15.9 Å². The van der Waals surface area contributed by atoms with Gasteiger partial charge in [0.05, 0.1) is 4.92 Å². The Bertz CT molecular complexity index is 1230. The van der Waals surface area contributed by atoms with E-state index < -0.39 is 10.8 Å². The number of nitrogens with zero attached hydrogens (tertiary/aromatic N) is 2. The molecule has 154 valence electrons. The lowest BCUT2D eigenvalue weighted by atomic mass is 9.98. The van der Waals surface area contributed by atoms with Crippen molar-refractivity contribution in [3.8, 4) is 6.07 Å². The molecule has 0 spiro atoms. The Labute approximate surface area is 185 Å². The highest BCUT2D eigenvalue weighted by Gasteiger charge is 2.14. The monoisotopic (exact) mass is 479 g/mol. The van der Waals surface area contributed by atoms with Crippen LogP contribution in [-0.4, -0.2) is 10.8 Å². The molecule has 0 aliphatic heterocycles. The summed E-state index contributed by atoms with van der Waals surface area (Å²) >= 11 is 3.37. The normalized spacial score (nSPS) is 10.9. The maximum absolute atomic E-state index is 14.1. The first-order chi connectivity index (χ1) is 14.9. The van der Waals surface area contributed by atoms with E-state index >= 15 is 0 Å². The smallest absolute Gasteiger partial charge is 0.271 e.